The molecule has 0 radical (unpaired) electrons. The van der Waals surface area contributed by atoms with Crippen LogP contribution in [0.25, 0.3) is 0 Å². The van der Waals surface area contributed by atoms with E-state index in [4.69, 9.17) is 4.42 Å². The smallest absolute Gasteiger partial charge is 0.125 e. The molecule has 3 nitrogen and oxygen atoms in total. The molecule has 0 amide bonds. The van der Waals surface area contributed by atoms with Crippen molar-refractivity contribution >= 4 is 0 Å². The summed E-state index contributed by atoms with van der Waals surface area (Å²) in [7, 11) is 0. The first kappa shape index (κ1) is 13.4. The van der Waals surface area contributed by atoms with Crippen molar-refractivity contribution in [3.05, 3.63) is 60.1 Å². The topological polar surface area (TPSA) is 45.4 Å². The zero-order valence-electron chi connectivity index (χ0n) is 11.9. The molecule has 1 aliphatic rings. The summed E-state index contributed by atoms with van der Waals surface area (Å²) in [5, 5.41) is 13.5. The van der Waals surface area contributed by atoms with Crippen LogP contribution in [0, 0.1) is 5.41 Å². The van der Waals surface area contributed by atoms with Gasteiger partial charge in [-0.15, -0.1) is 0 Å². The van der Waals surface area contributed by atoms with E-state index in [0.29, 0.717) is 0 Å². The molecule has 20 heavy (non-hydrogen) atoms. The van der Waals surface area contributed by atoms with E-state index in [2.05, 4.69) is 31.3 Å². The average molecular weight is 271 g/mol. The molecular weight excluding hydrogens is 250 g/mol. The molecule has 2 aromatic rings. The molecular formula is C17H21NO2. The van der Waals surface area contributed by atoms with Gasteiger partial charge in [0.05, 0.1) is 18.4 Å². The first-order valence-corrected chi connectivity index (χ1v) is 7.11. The number of furan rings is 1. The van der Waals surface area contributed by atoms with Gasteiger partial charge < -0.3 is 14.8 Å². The van der Waals surface area contributed by atoms with E-state index < -0.39 is 0 Å². The third-order valence-electron chi connectivity index (χ3n) is 4.54. The van der Waals surface area contributed by atoms with E-state index >= 15 is 0 Å². The Bertz CT molecular complexity index is 548. The highest BCUT2D eigenvalue weighted by atomic mass is 16.3. The van der Waals surface area contributed by atoms with Crippen LogP contribution in [-0.4, -0.2) is 17.3 Å². The van der Waals surface area contributed by atoms with E-state index in [1.807, 2.05) is 30.3 Å². The summed E-state index contributed by atoms with van der Waals surface area (Å²) >= 11 is 0. The lowest BCUT2D eigenvalue weighted by molar-refractivity contribution is -0.0753. The van der Waals surface area contributed by atoms with E-state index in [1.165, 1.54) is 5.56 Å². The number of hydrogen-bond acceptors (Lipinski definition) is 3. The molecule has 1 fully saturated rings. The summed E-state index contributed by atoms with van der Waals surface area (Å²) in [6, 6.07) is 14.5. The Morgan fingerprint density at radius 2 is 1.95 bits per heavy atom. The molecule has 1 heterocycles. The van der Waals surface area contributed by atoms with Crippen LogP contribution < -0.4 is 5.32 Å². The van der Waals surface area contributed by atoms with Crippen molar-refractivity contribution in [1.29, 1.82) is 0 Å². The normalized spacial score (nSPS) is 25.9. The Morgan fingerprint density at radius 1 is 1.20 bits per heavy atom. The molecule has 106 valence electrons. The summed E-state index contributed by atoms with van der Waals surface area (Å²) in [5.41, 5.74) is 1.08. The second-order valence-corrected chi connectivity index (χ2v) is 6.15. The Balaban J connectivity index is 1.85. The fourth-order valence-electron chi connectivity index (χ4n) is 2.83. The summed E-state index contributed by atoms with van der Waals surface area (Å²) in [6.45, 7) is 4.20. The molecule has 3 heteroatoms. The summed E-state index contributed by atoms with van der Waals surface area (Å²) in [6.07, 6.45) is 2.26. The van der Waals surface area contributed by atoms with Crippen molar-refractivity contribution < 1.29 is 9.52 Å². The lowest BCUT2D eigenvalue weighted by atomic mass is 9.64. The molecule has 1 aromatic heterocycles. The molecule has 0 bridgehead atoms. The molecule has 3 rings (SSSR count). The molecule has 0 aliphatic heterocycles. The highest BCUT2D eigenvalue weighted by Crippen LogP contribution is 2.42. The van der Waals surface area contributed by atoms with Gasteiger partial charge in [-0.25, -0.2) is 0 Å². The minimum atomic E-state index is -0.229. The van der Waals surface area contributed by atoms with E-state index in [1.54, 1.807) is 6.26 Å². The lowest BCUT2D eigenvalue weighted by Gasteiger charge is -2.50. The van der Waals surface area contributed by atoms with Gasteiger partial charge in [-0.05, 0) is 24.1 Å². The van der Waals surface area contributed by atoms with Gasteiger partial charge >= 0.3 is 0 Å². The quantitative estimate of drug-likeness (QED) is 0.898. The number of hydrogen-bond donors (Lipinski definition) is 2. The number of benzene rings is 1. The molecule has 2 N–H and O–H groups in total. The predicted molar refractivity (Wildman–Crippen MR) is 78.3 cm³/mol. The average Bonchev–Trinajstić information content (AvgIpc) is 2.98. The third-order valence-corrected chi connectivity index (χ3v) is 4.54. The number of aliphatic hydroxyl groups is 1. The minimum Gasteiger partial charge on any atom is -0.467 e. The molecule has 1 saturated carbocycles. The second kappa shape index (κ2) is 5.08. The molecule has 1 aromatic carbocycles. The summed E-state index contributed by atoms with van der Waals surface area (Å²) in [4.78, 5) is 0. The van der Waals surface area contributed by atoms with Gasteiger partial charge in [0.25, 0.3) is 0 Å². The van der Waals surface area contributed by atoms with Gasteiger partial charge in [0, 0.05) is 11.5 Å². The van der Waals surface area contributed by atoms with E-state index in [-0.39, 0.29) is 23.6 Å². The van der Waals surface area contributed by atoms with Crippen molar-refractivity contribution in [3.8, 4) is 0 Å². The zero-order chi connectivity index (χ0) is 14.2. The third kappa shape index (κ3) is 2.28. The first-order valence-electron chi connectivity index (χ1n) is 7.11. The summed E-state index contributed by atoms with van der Waals surface area (Å²) in [5.74, 6) is 0.911. The second-order valence-electron chi connectivity index (χ2n) is 6.15. The minimum absolute atomic E-state index is 0.0305. The monoisotopic (exact) mass is 271 g/mol. The lowest BCUT2D eigenvalue weighted by Crippen LogP contribution is -2.60. The van der Waals surface area contributed by atoms with Crippen LogP contribution in [0.2, 0.25) is 0 Å². The molecule has 1 aliphatic carbocycles. The van der Waals surface area contributed by atoms with Crippen molar-refractivity contribution in [1.82, 2.24) is 5.32 Å². The predicted octanol–water partition coefficient (Wildman–Crippen LogP) is 3.12. The Hall–Kier alpha value is -1.58. The van der Waals surface area contributed by atoms with Gasteiger partial charge in [-0.2, -0.15) is 0 Å². The maximum absolute atomic E-state index is 9.90. The number of rotatable bonds is 4. The van der Waals surface area contributed by atoms with Crippen LogP contribution in [0.1, 0.15) is 37.6 Å². The van der Waals surface area contributed by atoms with Gasteiger partial charge in [0.1, 0.15) is 5.76 Å². The summed E-state index contributed by atoms with van der Waals surface area (Å²) < 4.78 is 5.59. The SMILES string of the molecule is CC1(C)C(O)CC1NC(c1ccccc1)c1ccco1. The fourth-order valence-corrected chi connectivity index (χ4v) is 2.83. The first-order chi connectivity index (χ1) is 9.59. The number of nitrogens with one attached hydrogen (secondary N) is 1. The van der Waals surface area contributed by atoms with Gasteiger partial charge in [-0.3, -0.25) is 0 Å². The zero-order valence-corrected chi connectivity index (χ0v) is 11.9. The van der Waals surface area contributed by atoms with Crippen LogP contribution in [-0.2, 0) is 0 Å². The van der Waals surface area contributed by atoms with Crippen LogP contribution in [0.15, 0.2) is 53.1 Å². The maximum atomic E-state index is 9.90. The highest BCUT2D eigenvalue weighted by Gasteiger charge is 2.48. The van der Waals surface area contributed by atoms with Crippen molar-refractivity contribution in [2.75, 3.05) is 0 Å². The van der Waals surface area contributed by atoms with Crippen molar-refractivity contribution in [3.63, 3.8) is 0 Å². The molecule has 3 atom stereocenters. The van der Waals surface area contributed by atoms with Crippen LogP contribution in [0.5, 0.6) is 0 Å². The highest BCUT2D eigenvalue weighted by molar-refractivity contribution is 5.27. The molecule has 0 spiro atoms. The van der Waals surface area contributed by atoms with Crippen LogP contribution in [0.3, 0.4) is 0 Å². The Labute approximate surface area is 119 Å². The van der Waals surface area contributed by atoms with Crippen LogP contribution >= 0.6 is 0 Å². The maximum Gasteiger partial charge on any atom is 0.125 e. The largest absolute Gasteiger partial charge is 0.467 e. The molecule has 3 unspecified atom stereocenters. The van der Waals surface area contributed by atoms with E-state index in [9.17, 15) is 5.11 Å². The van der Waals surface area contributed by atoms with Gasteiger partial charge in [-0.1, -0.05) is 44.2 Å². The van der Waals surface area contributed by atoms with Gasteiger partial charge in [0.15, 0.2) is 0 Å². The van der Waals surface area contributed by atoms with Crippen LogP contribution in [0.4, 0.5) is 0 Å². The Morgan fingerprint density at radius 3 is 2.50 bits per heavy atom. The fraction of sp³-hybridized carbons (Fsp3) is 0.412. The molecule has 0 saturated heterocycles. The standard InChI is InChI=1S/C17H21NO2/c1-17(2)14(11-15(17)19)18-16(13-9-6-10-20-13)12-7-4-3-5-8-12/h3-10,14-16,18-19H,11H2,1-2H3. The Kier molecular flexibility index (Phi) is 3.40. The van der Waals surface area contributed by atoms with E-state index in [0.717, 1.165) is 12.2 Å². The van der Waals surface area contributed by atoms with Gasteiger partial charge in [0.2, 0.25) is 0 Å². The number of aliphatic hydroxyl groups excluding tert-OH is 1. The van der Waals surface area contributed by atoms with Crippen molar-refractivity contribution in [2.45, 2.75) is 38.5 Å². The van der Waals surface area contributed by atoms with Crippen molar-refractivity contribution in [2.24, 2.45) is 5.41 Å².